The van der Waals surface area contributed by atoms with Crippen LogP contribution in [0.15, 0.2) is 24.3 Å². The van der Waals surface area contributed by atoms with Crippen LogP contribution in [0.2, 0.25) is 0 Å². The summed E-state index contributed by atoms with van der Waals surface area (Å²) in [4.78, 5) is 0. The Hall–Kier alpha value is -0.980. The van der Waals surface area contributed by atoms with Gasteiger partial charge < -0.3 is 4.74 Å². The van der Waals surface area contributed by atoms with Crippen LogP contribution in [0.3, 0.4) is 0 Å². The summed E-state index contributed by atoms with van der Waals surface area (Å²) in [7, 11) is 0. The molecule has 0 aliphatic rings. The quantitative estimate of drug-likeness (QED) is 0.617. The van der Waals surface area contributed by atoms with Crippen molar-refractivity contribution in [1.82, 2.24) is 0 Å². The third-order valence-electron chi connectivity index (χ3n) is 2.56. The monoisotopic (exact) mass is 220 g/mol. The highest BCUT2D eigenvalue weighted by atomic mass is 16.5. The van der Waals surface area contributed by atoms with Gasteiger partial charge >= 0.3 is 0 Å². The Kier molecular flexibility index (Phi) is 5.99. The second-order valence-corrected chi connectivity index (χ2v) is 4.80. The molecule has 0 fully saturated rings. The van der Waals surface area contributed by atoms with Gasteiger partial charge in [-0.3, -0.25) is 0 Å². The average Bonchev–Trinajstić information content (AvgIpc) is 2.24. The maximum atomic E-state index is 5.73. The molecule has 0 spiro atoms. The lowest BCUT2D eigenvalue weighted by Crippen LogP contribution is -1.99. The summed E-state index contributed by atoms with van der Waals surface area (Å²) in [5.74, 6) is 1.73. The van der Waals surface area contributed by atoms with Crippen LogP contribution < -0.4 is 4.74 Å². The van der Waals surface area contributed by atoms with E-state index in [0.29, 0.717) is 5.92 Å². The van der Waals surface area contributed by atoms with Crippen LogP contribution in [0, 0.1) is 5.92 Å². The second-order valence-electron chi connectivity index (χ2n) is 4.80. The van der Waals surface area contributed by atoms with Crippen molar-refractivity contribution in [2.75, 3.05) is 6.61 Å². The molecule has 0 N–H and O–H groups in total. The fourth-order valence-electron chi connectivity index (χ4n) is 1.78. The first-order valence-corrected chi connectivity index (χ1v) is 6.44. The van der Waals surface area contributed by atoms with Gasteiger partial charge in [-0.05, 0) is 36.5 Å². The van der Waals surface area contributed by atoms with Gasteiger partial charge in [-0.1, -0.05) is 45.7 Å². The van der Waals surface area contributed by atoms with Gasteiger partial charge in [0.2, 0.25) is 0 Å². The van der Waals surface area contributed by atoms with Crippen molar-refractivity contribution in [2.45, 2.75) is 46.5 Å². The molecule has 0 bridgehead atoms. The molecule has 16 heavy (non-hydrogen) atoms. The minimum absolute atomic E-state index is 0.704. The Bertz CT molecular complexity index is 291. The molecular weight excluding hydrogens is 196 g/mol. The maximum absolute atomic E-state index is 5.73. The van der Waals surface area contributed by atoms with Gasteiger partial charge in [0, 0.05) is 0 Å². The molecule has 0 saturated heterocycles. The molecule has 0 unspecified atom stereocenters. The van der Waals surface area contributed by atoms with E-state index < -0.39 is 0 Å². The van der Waals surface area contributed by atoms with Gasteiger partial charge in [-0.15, -0.1) is 0 Å². The molecule has 0 amide bonds. The van der Waals surface area contributed by atoms with Crippen LogP contribution in [0.4, 0.5) is 0 Å². The molecule has 1 rings (SSSR count). The van der Waals surface area contributed by atoms with Crippen LogP contribution in [-0.2, 0) is 6.42 Å². The third-order valence-corrected chi connectivity index (χ3v) is 2.56. The summed E-state index contributed by atoms with van der Waals surface area (Å²) in [6, 6.07) is 8.49. The molecule has 0 heterocycles. The van der Waals surface area contributed by atoms with E-state index in [1.165, 1.54) is 18.4 Å². The van der Waals surface area contributed by atoms with Crippen molar-refractivity contribution in [3.63, 3.8) is 0 Å². The zero-order valence-electron chi connectivity index (χ0n) is 10.8. The summed E-state index contributed by atoms with van der Waals surface area (Å²) in [5, 5.41) is 0. The van der Waals surface area contributed by atoms with Crippen LogP contribution in [0.5, 0.6) is 5.75 Å². The lowest BCUT2D eigenvalue weighted by molar-refractivity contribution is 0.306. The largest absolute Gasteiger partial charge is 0.494 e. The normalized spacial score (nSPS) is 10.8. The Morgan fingerprint density at radius 1 is 1.19 bits per heavy atom. The standard InChI is InChI=1S/C15H24O/c1-4-5-6-10-16-15-9-7-8-14(12-15)11-13(2)3/h7-9,12-13H,4-6,10-11H2,1-3H3. The summed E-state index contributed by atoms with van der Waals surface area (Å²) < 4.78 is 5.73. The van der Waals surface area contributed by atoms with E-state index in [-0.39, 0.29) is 0 Å². The molecule has 0 saturated carbocycles. The third kappa shape index (κ3) is 5.20. The molecule has 1 aromatic rings. The highest BCUT2D eigenvalue weighted by Crippen LogP contribution is 2.16. The molecule has 90 valence electrons. The number of unbranched alkanes of at least 4 members (excludes halogenated alkanes) is 2. The fourth-order valence-corrected chi connectivity index (χ4v) is 1.78. The topological polar surface area (TPSA) is 9.23 Å². The Morgan fingerprint density at radius 2 is 2.00 bits per heavy atom. The SMILES string of the molecule is CCCCCOc1cccc(CC(C)C)c1. The predicted molar refractivity (Wildman–Crippen MR) is 70.0 cm³/mol. The van der Waals surface area contributed by atoms with Crippen LogP contribution in [0.1, 0.15) is 45.6 Å². The van der Waals surface area contributed by atoms with Crippen molar-refractivity contribution < 1.29 is 4.74 Å². The Labute approximate surface area is 99.8 Å². The van der Waals surface area contributed by atoms with Gasteiger partial charge in [-0.25, -0.2) is 0 Å². The zero-order valence-corrected chi connectivity index (χ0v) is 10.8. The van der Waals surface area contributed by atoms with E-state index >= 15 is 0 Å². The van der Waals surface area contributed by atoms with E-state index in [9.17, 15) is 0 Å². The maximum Gasteiger partial charge on any atom is 0.119 e. The van der Waals surface area contributed by atoms with E-state index in [4.69, 9.17) is 4.74 Å². The smallest absolute Gasteiger partial charge is 0.119 e. The van der Waals surface area contributed by atoms with Crippen molar-refractivity contribution in [3.8, 4) is 5.75 Å². The van der Waals surface area contributed by atoms with Gasteiger partial charge in [0.1, 0.15) is 5.75 Å². The van der Waals surface area contributed by atoms with Crippen LogP contribution in [0.25, 0.3) is 0 Å². The van der Waals surface area contributed by atoms with E-state index in [1.807, 2.05) is 0 Å². The van der Waals surface area contributed by atoms with Gasteiger partial charge in [0.15, 0.2) is 0 Å². The Balaban J connectivity index is 2.41. The van der Waals surface area contributed by atoms with Gasteiger partial charge in [0.25, 0.3) is 0 Å². The molecule has 1 aromatic carbocycles. The van der Waals surface area contributed by atoms with Gasteiger partial charge in [-0.2, -0.15) is 0 Å². The minimum Gasteiger partial charge on any atom is -0.494 e. The molecular formula is C15H24O. The molecule has 0 aliphatic heterocycles. The summed E-state index contributed by atoms with van der Waals surface area (Å²) in [6.07, 6.45) is 4.79. The highest BCUT2D eigenvalue weighted by Gasteiger charge is 1.99. The highest BCUT2D eigenvalue weighted by molar-refractivity contribution is 5.28. The van der Waals surface area contributed by atoms with E-state index in [0.717, 1.165) is 25.2 Å². The zero-order chi connectivity index (χ0) is 11.8. The van der Waals surface area contributed by atoms with E-state index in [2.05, 4.69) is 45.0 Å². The first-order valence-electron chi connectivity index (χ1n) is 6.44. The first-order chi connectivity index (χ1) is 7.72. The number of rotatable bonds is 7. The van der Waals surface area contributed by atoms with Crippen LogP contribution >= 0.6 is 0 Å². The lowest BCUT2D eigenvalue weighted by atomic mass is 10.0. The molecule has 0 radical (unpaired) electrons. The van der Waals surface area contributed by atoms with Crippen molar-refractivity contribution in [3.05, 3.63) is 29.8 Å². The Morgan fingerprint density at radius 3 is 2.69 bits per heavy atom. The summed E-state index contributed by atoms with van der Waals surface area (Å²) in [5.41, 5.74) is 1.38. The van der Waals surface area contributed by atoms with Crippen molar-refractivity contribution in [2.24, 2.45) is 5.92 Å². The molecule has 1 heteroatoms. The molecule has 0 aromatic heterocycles. The van der Waals surface area contributed by atoms with Crippen molar-refractivity contribution >= 4 is 0 Å². The molecule has 0 atom stereocenters. The number of ether oxygens (including phenoxy) is 1. The van der Waals surface area contributed by atoms with Gasteiger partial charge in [0.05, 0.1) is 6.61 Å². The van der Waals surface area contributed by atoms with E-state index in [1.54, 1.807) is 0 Å². The average molecular weight is 220 g/mol. The van der Waals surface area contributed by atoms with Crippen LogP contribution in [-0.4, -0.2) is 6.61 Å². The predicted octanol–water partition coefficient (Wildman–Crippen LogP) is 4.45. The first kappa shape index (κ1) is 13.1. The molecule has 0 aliphatic carbocycles. The summed E-state index contributed by atoms with van der Waals surface area (Å²) >= 11 is 0. The minimum atomic E-state index is 0.704. The number of hydrogen-bond donors (Lipinski definition) is 0. The fraction of sp³-hybridized carbons (Fsp3) is 0.600. The number of hydrogen-bond acceptors (Lipinski definition) is 1. The van der Waals surface area contributed by atoms with Crippen molar-refractivity contribution in [1.29, 1.82) is 0 Å². The number of benzene rings is 1. The summed E-state index contributed by atoms with van der Waals surface area (Å²) in [6.45, 7) is 7.55. The molecule has 1 nitrogen and oxygen atoms in total. The second kappa shape index (κ2) is 7.32. The lowest BCUT2D eigenvalue weighted by Gasteiger charge is -2.09.